The van der Waals surface area contributed by atoms with E-state index < -0.39 is 9.85 Å². The van der Waals surface area contributed by atoms with Crippen molar-refractivity contribution in [1.29, 1.82) is 0 Å². The summed E-state index contributed by atoms with van der Waals surface area (Å²) in [5, 5.41) is 49.8. The van der Waals surface area contributed by atoms with Crippen molar-refractivity contribution in [3.63, 3.8) is 0 Å². The van der Waals surface area contributed by atoms with Gasteiger partial charge in [-0.3, -0.25) is 29.6 Å². The third-order valence-electron chi connectivity index (χ3n) is 5.66. The molecule has 0 saturated heterocycles. The van der Waals surface area contributed by atoms with E-state index in [-0.39, 0.29) is 24.6 Å². The Balaban J connectivity index is 0.000000201. The number of hydrogen-bond donors (Lipinski definition) is 2. The van der Waals surface area contributed by atoms with Gasteiger partial charge in [-0.15, -0.1) is 0 Å². The second kappa shape index (κ2) is 11.0. The van der Waals surface area contributed by atoms with Gasteiger partial charge in [0.1, 0.15) is 11.4 Å². The first-order chi connectivity index (χ1) is 17.1. The van der Waals surface area contributed by atoms with E-state index in [4.69, 9.17) is 10.2 Å². The van der Waals surface area contributed by atoms with Crippen LogP contribution in [0.5, 0.6) is 0 Å². The number of likely N-dealkylation sites (N-methyl/N-ethyl adjacent to an activating group) is 2. The van der Waals surface area contributed by atoms with Crippen molar-refractivity contribution in [3.05, 3.63) is 56.9 Å². The molecule has 0 aliphatic heterocycles. The minimum absolute atomic E-state index is 0.0199. The van der Waals surface area contributed by atoms with Gasteiger partial charge in [0.2, 0.25) is 0 Å². The number of rotatable bonds is 8. The molecule has 0 spiro atoms. The number of nitro benzene ring substituents is 2. The lowest BCUT2D eigenvalue weighted by atomic mass is 10.1. The maximum absolute atomic E-state index is 11.1. The van der Waals surface area contributed by atoms with Crippen LogP contribution >= 0.6 is 0 Å². The first-order valence-electron chi connectivity index (χ1n) is 10.9. The van der Waals surface area contributed by atoms with Crippen LogP contribution in [-0.4, -0.2) is 80.0 Å². The molecular formula is C22H28N8O6. The number of benzene rings is 2. The molecule has 14 nitrogen and oxygen atoms in total. The second-order valence-corrected chi connectivity index (χ2v) is 8.11. The first-order valence-corrected chi connectivity index (χ1v) is 10.9. The fourth-order valence-corrected chi connectivity index (χ4v) is 4.01. The van der Waals surface area contributed by atoms with Crippen LogP contribution in [0.1, 0.15) is 0 Å². The van der Waals surface area contributed by atoms with Gasteiger partial charge in [-0.2, -0.15) is 10.2 Å². The first kappa shape index (κ1) is 26.3. The van der Waals surface area contributed by atoms with Gasteiger partial charge in [-0.05, 0) is 12.1 Å². The highest BCUT2D eigenvalue weighted by molar-refractivity contribution is 5.97. The van der Waals surface area contributed by atoms with Crippen molar-refractivity contribution < 1.29 is 20.1 Å². The fraction of sp³-hybridized carbons (Fsp3) is 0.364. The summed E-state index contributed by atoms with van der Waals surface area (Å²) in [4.78, 5) is 24.6. The maximum Gasteiger partial charge on any atom is 0.293 e. The number of hydrogen-bond acceptors (Lipinski definition) is 10. The number of aliphatic hydroxyl groups excluding tert-OH is 2. The highest BCUT2D eigenvalue weighted by Gasteiger charge is 2.22. The summed E-state index contributed by atoms with van der Waals surface area (Å²) in [6.07, 6.45) is 3.34. The van der Waals surface area contributed by atoms with Gasteiger partial charge in [0.25, 0.3) is 11.4 Å². The Labute approximate surface area is 205 Å². The highest BCUT2D eigenvalue weighted by Crippen LogP contribution is 2.36. The summed E-state index contributed by atoms with van der Waals surface area (Å²) in [5.41, 5.74) is 2.53. The number of fused-ring (bicyclic) bond motifs is 2. The number of nitrogens with zero attached hydrogens (tertiary/aromatic N) is 8. The van der Waals surface area contributed by atoms with Crippen molar-refractivity contribution in [1.82, 2.24) is 19.6 Å². The van der Waals surface area contributed by atoms with Crippen molar-refractivity contribution in [3.8, 4) is 0 Å². The van der Waals surface area contributed by atoms with Crippen molar-refractivity contribution in [2.24, 2.45) is 14.1 Å². The Morgan fingerprint density at radius 1 is 0.889 bits per heavy atom. The predicted molar refractivity (Wildman–Crippen MR) is 135 cm³/mol. The van der Waals surface area contributed by atoms with Crippen LogP contribution in [0.3, 0.4) is 0 Å². The molecule has 4 rings (SSSR count). The summed E-state index contributed by atoms with van der Waals surface area (Å²) in [6.45, 7) is 0.526. The molecule has 4 aromatic rings. The molecule has 2 heterocycles. The van der Waals surface area contributed by atoms with Crippen LogP contribution in [0.25, 0.3) is 21.8 Å². The van der Waals surface area contributed by atoms with Crippen molar-refractivity contribution >= 4 is 44.6 Å². The van der Waals surface area contributed by atoms with Gasteiger partial charge in [0, 0.05) is 59.6 Å². The molecule has 2 aromatic carbocycles. The second-order valence-electron chi connectivity index (χ2n) is 8.11. The number of anilines is 2. The molecule has 14 heteroatoms. The van der Waals surface area contributed by atoms with Crippen LogP contribution in [0.2, 0.25) is 0 Å². The Bertz CT molecular complexity index is 1360. The summed E-state index contributed by atoms with van der Waals surface area (Å²) >= 11 is 0. The molecule has 36 heavy (non-hydrogen) atoms. The van der Waals surface area contributed by atoms with E-state index in [9.17, 15) is 20.2 Å². The maximum atomic E-state index is 11.1. The summed E-state index contributed by atoms with van der Waals surface area (Å²) in [6, 6.07) is 6.21. The molecular weight excluding hydrogens is 472 g/mol. The third kappa shape index (κ3) is 5.18. The summed E-state index contributed by atoms with van der Waals surface area (Å²) < 4.78 is 3.28. The third-order valence-corrected chi connectivity index (χ3v) is 5.66. The molecule has 0 saturated carbocycles. The standard InChI is InChI=1S/2C11H14N4O3/c1-13(5-6-16)11-8-7-14(2)12-9(8)3-4-10(11)15(17)18;1-13(5-6-16)11-8-7-12-14(2)9(8)3-4-10(11)15(17)18/h2*3-4,7,16H,5-6H2,1-2H3. The van der Waals surface area contributed by atoms with Crippen LogP contribution in [-0.2, 0) is 14.1 Å². The topological polar surface area (TPSA) is 169 Å². The largest absolute Gasteiger partial charge is 0.395 e. The average Bonchev–Trinajstić information content (AvgIpc) is 3.39. The van der Waals surface area contributed by atoms with E-state index >= 15 is 0 Å². The van der Waals surface area contributed by atoms with E-state index in [0.29, 0.717) is 40.8 Å². The summed E-state index contributed by atoms with van der Waals surface area (Å²) in [5.74, 6) is 0. The Morgan fingerprint density at radius 3 is 1.94 bits per heavy atom. The molecule has 0 atom stereocenters. The monoisotopic (exact) mass is 500 g/mol. The van der Waals surface area contributed by atoms with E-state index in [2.05, 4.69) is 10.2 Å². The summed E-state index contributed by atoms with van der Waals surface area (Å²) in [7, 11) is 6.97. The van der Waals surface area contributed by atoms with E-state index in [0.717, 1.165) is 5.52 Å². The minimum atomic E-state index is -0.421. The van der Waals surface area contributed by atoms with E-state index in [1.54, 1.807) is 71.9 Å². The number of aryl methyl sites for hydroxylation is 2. The molecule has 2 aromatic heterocycles. The van der Waals surface area contributed by atoms with Crippen LogP contribution in [0, 0.1) is 20.2 Å². The predicted octanol–water partition coefficient (Wildman–Crippen LogP) is 1.82. The van der Waals surface area contributed by atoms with Crippen LogP contribution < -0.4 is 9.80 Å². The van der Waals surface area contributed by atoms with Gasteiger partial charge in [-0.1, -0.05) is 0 Å². The molecule has 0 radical (unpaired) electrons. The molecule has 0 amide bonds. The van der Waals surface area contributed by atoms with E-state index in [1.807, 2.05) is 0 Å². The smallest absolute Gasteiger partial charge is 0.293 e. The molecule has 0 bridgehead atoms. The van der Waals surface area contributed by atoms with Crippen molar-refractivity contribution in [2.45, 2.75) is 0 Å². The van der Waals surface area contributed by atoms with Crippen LogP contribution in [0.15, 0.2) is 36.7 Å². The zero-order valence-electron chi connectivity index (χ0n) is 20.4. The number of nitro groups is 2. The normalized spacial score (nSPS) is 10.8. The Hall–Kier alpha value is -4.30. The highest BCUT2D eigenvalue weighted by atomic mass is 16.6. The zero-order chi connectivity index (χ0) is 26.6. The molecule has 2 N–H and O–H groups in total. The molecule has 192 valence electrons. The lowest BCUT2D eigenvalue weighted by Crippen LogP contribution is -2.22. The van der Waals surface area contributed by atoms with Crippen LogP contribution in [0.4, 0.5) is 22.7 Å². The SMILES string of the molecule is CN(CCO)c1c([N+](=O)[O-])ccc2c1cnn2C.CN(CCO)c1c([N+](=O)[O-])ccc2nn(C)cc12. The van der Waals surface area contributed by atoms with Gasteiger partial charge in [0.05, 0.1) is 51.1 Å². The van der Waals surface area contributed by atoms with Gasteiger partial charge in [-0.25, -0.2) is 0 Å². The molecule has 0 aliphatic carbocycles. The molecule has 0 fully saturated rings. The quantitative estimate of drug-likeness (QED) is 0.269. The van der Waals surface area contributed by atoms with Crippen molar-refractivity contribution in [2.75, 3.05) is 50.2 Å². The Morgan fingerprint density at radius 2 is 1.42 bits per heavy atom. The lowest BCUT2D eigenvalue weighted by Gasteiger charge is -2.18. The lowest BCUT2D eigenvalue weighted by molar-refractivity contribution is -0.384. The van der Waals surface area contributed by atoms with Gasteiger partial charge in [0.15, 0.2) is 0 Å². The Kier molecular flexibility index (Phi) is 8.01. The van der Waals surface area contributed by atoms with Gasteiger partial charge >= 0.3 is 0 Å². The molecule has 0 unspecified atom stereocenters. The zero-order valence-corrected chi connectivity index (χ0v) is 20.4. The minimum Gasteiger partial charge on any atom is -0.395 e. The average molecular weight is 501 g/mol. The van der Waals surface area contributed by atoms with Gasteiger partial charge < -0.3 is 20.0 Å². The molecule has 0 aliphatic rings. The number of aromatic nitrogens is 4. The number of aliphatic hydroxyl groups is 2. The fourth-order valence-electron chi connectivity index (χ4n) is 4.01. The van der Waals surface area contributed by atoms with E-state index in [1.165, 1.54) is 12.1 Å².